The van der Waals surface area contributed by atoms with Crippen molar-refractivity contribution in [3.8, 4) is 5.75 Å². The van der Waals surface area contributed by atoms with E-state index in [-0.39, 0.29) is 6.03 Å². The Hall–Kier alpha value is -1.79. The van der Waals surface area contributed by atoms with E-state index in [2.05, 4.69) is 10.2 Å². The summed E-state index contributed by atoms with van der Waals surface area (Å²) in [5.74, 6) is 0.743. The van der Waals surface area contributed by atoms with Crippen molar-refractivity contribution in [2.45, 2.75) is 18.9 Å². The number of carbonyl (C=O) groups is 1. The molecule has 6 nitrogen and oxygen atoms in total. The highest BCUT2D eigenvalue weighted by Crippen LogP contribution is 2.15. The van der Waals surface area contributed by atoms with E-state index in [1.54, 1.807) is 38.4 Å². The van der Waals surface area contributed by atoms with Crippen molar-refractivity contribution in [2.24, 2.45) is 0 Å². The van der Waals surface area contributed by atoms with E-state index in [0.717, 1.165) is 25.4 Å². The molecule has 0 aliphatic carbocycles. The van der Waals surface area contributed by atoms with E-state index in [1.165, 1.54) is 11.3 Å². The Balaban J connectivity index is 1.72. The molecule has 0 radical (unpaired) electrons. The van der Waals surface area contributed by atoms with Gasteiger partial charge in [0.05, 0.1) is 13.2 Å². The summed E-state index contributed by atoms with van der Waals surface area (Å²) in [4.78, 5) is 15.9. The average Bonchev–Trinajstić information content (AvgIpc) is 2.46. The van der Waals surface area contributed by atoms with Crippen molar-refractivity contribution < 1.29 is 14.6 Å². The lowest BCUT2D eigenvalue weighted by molar-refractivity contribution is 0.0967. The number of nitrogens with zero attached hydrogens (tertiary/aromatic N) is 2. The SMILES string of the molecule is COc1ccc(NC(=O)N(C)C[C@H](O)CCN2CCC2)cc1. The van der Waals surface area contributed by atoms with Gasteiger partial charge >= 0.3 is 6.03 Å². The number of urea groups is 1. The number of aliphatic hydroxyl groups is 1. The van der Waals surface area contributed by atoms with Crippen LogP contribution in [-0.2, 0) is 0 Å². The predicted octanol–water partition coefficient (Wildman–Crippen LogP) is 1.62. The number of anilines is 1. The first kappa shape index (κ1) is 16.6. The molecule has 1 aliphatic rings. The first-order valence-electron chi connectivity index (χ1n) is 7.65. The molecule has 2 rings (SSSR count). The summed E-state index contributed by atoms with van der Waals surface area (Å²) in [6, 6.07) is 6.92. The number of nitrogens with one attached hydrogen (secondary N) is 1. The fourth-order valence-corrected chi connectivity index (χ4v) is 2.32. The Morgan fingerprint density at radius 3 is 2.64 bits per heavy atom. The molecule has 1 heterocycles. The largest absolute Gasteiger partial charge is 0.497 e. The van der Waals surface area contributed by atoms with E-state index in [1.807, 2.05) is 0 Å². The summed E-state index contributed by atoms with van der Waals surface area (Å²) in [6.07, 6.45) is 1.45. The van der Waals surface area contributed by atoms with Crippen LogP contribution in [-0.4, -0.2) is 67.4 Å². The quantitative estimate of drug-likeness (QED) is 0.803. The molecule has 2 amide bonds. The summed E-state index contributed by atoms with van der Waals surface area (Å²) in [6.45, 7) is 3.48. The second-order valence-corrected chi connectivity index (χ2v) is 5.68. The molecule has 0 bridgehead atoms. The molecular weight excluding hydrogens is 282 g/mol. The minimum atomic E-state index is -0.493. The molecule has 1 saturated heterocycles. The van der Waals surface area contributed by atoms with Crippen LogP contribution < -0.4 is 10.1 Å². The van der Waals surface area contributed by atoms with Crippen molar-refractivity contribution in [3.05, 3.63) is 24.3 Å². The minimum Gasteiger partial charge on any atom is -0.497 e. The van der Waals surface area contributed by atoms with Gasteiger partial charge in [0.25, 0.3) is 0 Å². The van der Waals surface area contributed by atoms with Crippen molar-refractivity contribution in [3.63, 3.8) is 0 Å². The molecule has 6 heteroatoms. The number of aliphatic hydroxyl groups excluding tert-OH is 1. The van der Waals surface area contributed by atoms with Crippen molar-refractivity contribution >= 4 is 11.7 Å². The van der Waals surface area contributed by atoms with E-state index >= 15 is 0 Å². The molecule has 1 aliphatic heterocycles. The fraction of sp³-hybridized carbons (Fsp3) is 0.562. The summed E-state index contributed by atoms with van der Waals surface area (Å²) in [5, 5.41) is 12.8. The first-order valence-corrected chi connectivity index (χ1v) is 7.65. The number of rotatable bonds is 7. The summed E-state index contributed by atoms with van der Waals surface area (Å²) in [7, 11) is 3.29. The number of hydrogen-bond donors (Lipinski definition) is 2. The fourth-order valence-electron chi connectivity index (χ4n) is 2.32. The number of hydrogen-bond acceptors (Lipinski definition) is 4. The van der Waals surface area contributed by atoms with E-state index < -0.39 is 6.10 Å². The van der Waals surface area contributed by atoms with Gasteiger partial charge in [0.2, 0.25) is 0 Å². The van der Waals surface area contributed by atoms with Crippen LogP contribution in [0.4, 0.5) is 10.5 Å². The Bertz CT molecular complexity index is 474. The van der Waals surface area contributed by atoms with Crippen LogP contribution >= 0.6 is 0 Å². The Morgan fingerprint density at radius 1 is 1.41 bits per heavy atom. The first-order chi connectivity index (χ1) is 10.6. The topological polar surface area (TPSA) is 65.0 Å². The van der Waals surface area contributed by atoms with Gasteiger partial charge < -0.3 is 25.0 Å². The van der Waals surface area contributed by atoms with E-state index in [9.17, 15) is 9.90 Å². The minimum absolute atomic E-state index is 0.229. The van der Waals surface area contributed by atoms with Crippen LogP contribution in [0.1, 0.15) is 12.8 Å². The highest BCUT2D eigenvalue weighted by atomic mass is 16.5. The van der Waals surface area contributed by atoms with Gasteiger partial charge in [-0.2, -0.15) is 0 Å². The molecule has 1 fully saturated rings. The Labute approximate surface area is 131 Å². The normalized spacial score (nSPS) is 15.8. The van der Waals surface area contributed by atoms with Crippen LogP contribution in [0.25, 0.3) is 0 Å². The number of likely N-dealkylation sites (tertiary alicyclic amines) is 1. The molecule has 0 saturated carbocycles. The highest BCUT2D eigenvalue weighted by molar-refractivity contribution is 5.89. The van der Waals surface area contributed by atoms with Crippen molar-refractivity contribution in [1.82, 2.24) is 9.80 Å². The molecule has 22 heavy (non-hydrogen) atoms. The number of likely N-dealkylation sites (N-methyl/N-ethyl adjacent to an activating group) is 1. The molecule has 1 atom stereocenters. The lowest BCUT2D eigenvalue weighted by atomic mass is 10.1. The van der Waals surface area contributed by atoms with Crippen molar-refractivity contribution in [1.29, 1.82) is 0 Å². The Kier molecular flexibility index (Phi) is 6.03. The number of carbonyl (C=O) groups excluding carboxylic acids is 1. The van der Waals surface area contributed by atoms with E-state index in [4.69, 9.17) is 4.74 Å². The zero-order chi connectivity index (χ0) is 15.9. The number of amides is 2. The second kappa shape index (κ2) is 8.00. The molecule has 2 N–H and O–H groups in total. The summed E-state index contributed by atoms with van der Waals surface area (Å²) >= 11 is 0. The third-order valence-electron chi connectivity index (χ3n) is 3.90. The van der Waals surface area contributed by atoms with Gasteiger partial charge in [-0.1, -0.05) is 0 Å². The maximum absolute atomic E-state index is 12.1. The third-order valence-corrected chi connectivity index (χ3v) is 3.90. The summed E-state index contributed by atoms with van der Waals surface area (Å²) in [5.41, 5.74) is 0.702. The standard InChI is InChI=1S/C16H25N3O3/c1-18(12-14(20)8-11-19-9-3-10-19)16(21)17-13-4-6-15(22-2)7-5-13/h4-7,14,20H,3,8-12H2,1-2H3,(H,17,21)/t14-/m1/s1. The number of ether oxygens (including phenoxy) is 1. The van der Waals surface area contributed by atoms with Gasteiger partial charge in [-0.15, -0.1) is 0 Å². The molecule has 1 aromatic rings. The third kappa shape index (κ3) is 4.89. The monoisotopic (exact) mass is 307 g/mol. The number of benzene rings is 1. The van der Waals surface area contributed by atoms with Gasteiger partial charge in [0, 0.05) is 25.8 Å². The van der Waals surface area contributed by atoms with Gasteiger partial charge in [-0.25, -0.2) is 4.79 Å². The predicted molar refractivity (Wildman–Crippen MR) is 86.3 cm³/mol. The molecule has 0 unspecified atom stereocenters. The van der Waals surface area contributed by atoms with Crippen LogP contribution in [0, 0.1) is 0 Å². The van der Waals surface area contributed by atoms with E-state index in [0.29, 0.717) is 18.7 Å². The zero-order valence-corrected chi connectivity index (χ0v) is 13.3. The lowest BCUT2D eigenvalue weighted by Crippen LogP contribution is -2.41. The van der Waals surface area contributed by atoms with Gasteiger partial charge in [-0.05, 0) is 50.2 Å². The van der Waals surface area contributed by atoms with Crippen molar-refractivity contribution in [2.75, 3.05) is 45.7 Å². The second-order valence-electron chi connectivity index (χ2n) is 5.68. The molecule has 0 spiro atoms. The van der Waals surface area contributed by atoms with Crippen LogP contribution in [0.15, 0.2) is 24.3 Å². The van der Waals surface area contributed by atoms with Crippen LogP contribution in [0.5, 0.6) is 5.75 Å². The van der Waals surface area contributed by atoms with Crippen LogP contribution in [0.2, 0.25) is 0 Å². The van der Waals surface area contributed by atoms with Gasteiger partial charge in [0.1, 0.15) is 5.75 Å². The smallest absolute Gasteiger partial charge is 0.321 e. The maximum atomic E-state index is 12.1. The molecule has 122 valence electrons. The number of methoxy groups -OCH3 is 1. The van der Waals surface area contributed by atoms with Gasteiger partial charge in [0.15, 0.2) is 0 Å². The maximum Gasteiger partial charge on any atom is 0.321 e. The molecule has 1 aromatic carbocycles. The Morgan fingerprint density at radius 2 is 2.09 bits per heavy atom. The van der Waals surface area contributed by atoms with Crippen LogP contribution in [0.3, 0.4) is 0 Å². The lowest BCUT2D eigenvalue weighted by Gasteiger charge is -2.31. The molecule has 0 aromatic heterocycles. The highest BCUT2D eigenvalue weighted by Gasteiger charge is 2.17. The summed E-state index contributed by atoms with van der Waals surface area (Å²) < 4.78 is 5.07. The van der Waals surface area contributed by atoms with Gasteiger partial charge in [-0.3, -0.25) is 0 Å². The average molecular weight is 307 g/mol. The zero-order valence-electron chi connectivity index (χ0n) is 13.3. The molecular formula is C16H25N3O3.